The van der Waals surface area contributed by atoms with Crippen LogP contribution in [0.4, 0.5) is 4.79 Å². The molecule has 0 bridgehead atoms. The summed E-state index contributed by atoms with van der Waals surface area (Å²) in [5.74, 6) is 1.39. The van der Waals surface area contributed by atoms with Crippen LogP contribution in [0.1, 0.15) is 29.7 Å². The summed E-state index contributed by atoms with van der Waals surface area (Å²) in [6, 6.07) is 10.5. The molecule has 9 heteroatoms. The van der Waals surface area contributed by atoms with E-state index in [1.165, 1.54) is 4.31 Å². The average Bonchev–Trinajstić information content (AvgIpc) is 2.78. The molecule has 32 heavy (non-hydrogen) atoms. The lowest BCUT2D eigenvalue weighted by atomic mass is 10.1. The molecular formula is C23H29N3O5S. The summed E-state index contributed by atoms with van der Waals surface area (Å²) >= 11 is 0. The molecule has 2 aromatic carbocycles. The standard InChI is InChI=1S/C23H29N3O5S/c1-16-4-7-22(17(2)14-16)32(28,29)26-10-8-25(9-11-26)23(27)24-18(3)19-5-6-20-21(15-19)31-13-12-30-20/h4-7,14-15,18H,8-13H2,1-3H3,(H,24,27). The summed E-state index contributed by atoms with van der Waals surface area (Å²) in [5, 5.41) is 3.00. The van der Waals surface area contributed by atoms with Crippen LogP contribution >= 0.6 is 0 Å². The molecule has 172 valence electrons. The Balaban J connectivity index is 1.36. The predicted molar refractivity (Wildman–Crippen MR) is 121 cm³/mol. The van der Waals surface area contributed by atoms with Gasteiger partial charge in [-0.3, -0.25) is 0 Å². The molecule has 0 aliphatic carbocycles. The molecule has 1 unspecified atom stereocenters. The van der Waals surface area contributed by atoms with Gasteiger partial charge in [0, 0.05) is 26.2 Å². The van der Waals surface area contributed by atoms with E-state index >= 15 is 0 Å². The maximum Gasteiger partial charge on any atom is 0.317 e. The maximum absolute atomic E-state index is 13.1. The minimum Gasteiger partial charge on any atom is -0.486 e. The number of carbonyl (C=O) groups excluding carboxylic acids is 1. The van der Waals surface area contributed by atoms with Crippen LogP contribution in [-0.2, 0) is 10.0 Å². The number of rotatable bonds is 4. The SMILES string of the molecule is Cc1ccc(S(=O)(=O)N2CCN(C(=O)NC(C)c3ccc4c(c3)OCCO4)CC2)c(C)c1. The molecule has 2 amide bonds. The van der Waals surface area contributed by atoms with Crippen LogP contribution in [0.15, 0.2) is 41.3 Å². The molecule has 1 fully saturated rings. The van der Waals surface area contributed by atoms with Gasteiger partial charge in [-0.2, -0.15) is 4.31 Å². The van der Waals surface area contributed by atoms with Gasteiger partial charge in [0.15, 0.2) is 11.5 Å². The Morgan fingerprint density at radius 3 is 2.34 bits per heavy atom. The zero-order chi connectivity index (χ0) is 22.9. The quantitative estimate of drug-likeness (QED) is 0.760. The van der Waals surface area contributed by atoms with Crippen molar-refractivity contribution in [2.24, 2.45) is 0 Å². The normalized spacial score (nSPS) is 17.7. The van der Waals surface area contributed by atoms with E-state index < -0.39 is 10.0 Å². The highest BCUT2D eigenvalue weighted by Gasteiger charge is 2.31. The molecule has 2 aliphatic heterocycles. The summed E-state index contributed by atoms with van der Waals surface area (Å²) in [7, 11) is -3.58. The molecule has 0 radical (unpaired) electrons. The van der Waals surface area contributed by atoms with E-state index in [1.54, 1.807) is 11.0 Å². The minimum absolute atomic E-state index is 0.212. The first-order valence-corrected chi connectivity index (χ1v) is 12.2. The van der Waals surface area contributed by atoms with Gasteiger partial charge in [0.05, 0.1) is 10.9 Å². The summed E-state index contributed by atoms with van der Waals surface area (Å²) in [6.07, 6.45) is 0. The van der Waals surface area contributed by atoms with Crippen molar-refractivity contribution in [3.8, 4) is 11.5 Å². The van der Waals surface area contributed by atoms with Crippen molar-refractivity contribution in [2.75, 3.05) is 39.4 Å². The number of urea groups is 1. The molecular weight excluding hydrogens is 430 g/mol. The number of amides is 2. The largest absolute Gasteiger partial charge is 0.486 e. The molecule has 8 nitrogen and oxygen atoms in total. The van der Waals surface area contributed by atoms with E-state index in [1.807, 2.05) is 51.1 Å². The van der Waals surface area contributed by atoms with Gasteiger partial charge in [-0.1, -0.05) is 23.8 Å². The fraction of sp³-hybridized carbons (Fsp3) is 0.435. The highest BCUT2D eigenvalue weighted by Crippen LogP contribution is 2.32. The number of hydrogen-bond donors (Lipinski definition) is 1. The Bertz CT molecular complexity index is 1110. The Kier molecular flexibility index (Phi) is 6.30. The third-order valence-corrected chi connectivity index (χ3v) is 7.94. The number of piperazine rings is 1. The average molecular weight is 460 g/mol. The number of nitrogens with one attached hydrogen (secondary N) is 1. The van der Waals surface area contributed by atoms with Gasteiger partial charge in [-0.15, -0.1) is 0 Å². The van der Waals surface area contributed by atoms with Gasteiger partial charge < -0.3 is 19.7 Å². The number of benzene rings is 2. The van der Waals surface area contributed by atoms with Crippen LogP contribution in [0.2, 0.25) is 0 Å². The number of nitrogens with zero attached hydrogens (tertiary/aromatic N) is 2. The van der Waals surface area contributed by atoms with E-state index in [2.05, 4.69) is 5.32 Å². The first-order chi connectivity index (χ1) is 15.3. The third kappa shape index (κ3) is 4.54. The summed E-state index contributed by atoms with van der Waals surface area (Å²) in [6.45, 7) is 7.90. The summed E-state index contributed by atoms with van der Waals surface area (Å²) in [5.41, 5.74) is 2.67. The third-order valence-electron chi connectivity index (χ3n) is 5.88. The van der Waals surface area contributed by atoms with Crippen molar-refractivity contribution in [1.82, 2.24) is 14.5 Å². The molecule has 0 spiro atoms. The topological polar surface area (TPSA) is 88.2 Å². The highest BCUT2D eigenvalue weighted by atomic mass is 32.2. The lowest BCUT2D eigenvalue weighted by Gasteiger charge is -2.35. The fourth-order valence-corrected chi connectivity index (χ4v) is 5.68. The molecule has 2 aromatic rings. The predicted octanol–water partition coefficient (Wildman–Crippen LogP) is 2.85. The van der Waals surface area contributed by atoms with Crippen molar-refractivity contribution in [2.45, 2.75) is 31.7 Å². The van der Waals surface area contributed by atoms with Crippen molar-refractivity contribution in [3.05, 3.63) is 53.1 Å². The smallest absolute Gasteiger partial charge is 0.317 e. The van der Waals surface area contributed by atoms with Crippen LogP contribution in [-0.4, -0.2) is 63.0 Å². The van der Waals surface area contributed by atoms with Gasteiger partial charge in [0.25, 0.3) is 0 Å². The van der Waals surface area contributed by atoms with E-state index in [-0.39, 0.29) is 25.2 Å². The van der Waals surface area contributed by atoms with Crippen molar-refractivity contribution < 1.29 is 22.7 Å². The molecule has 4 rings (SSSR count). The Morgan fingerprint density at radius 2 is 1.66 bits per heavy atom. The molecule has 1 saturated heterocycles. The maximum atomic E-state index is 13.1. The molecule has 2 heterocycles. The number of fused-ring (bicyclic) bond motifs is 1. The zero-order valence-corrected chi connectivity index (χ0v) is 19.4. The van der Waals surface area contributed by atoms with Gasteiger partial charge in [0.1, 0.15) is 13.2 Å². The van der Waals surface area contributed by atoms with Gasteiger partial charge in [-0.25, -0.2) is 13.2 Å². The zero-order valence-electron chi connectivity index (χ0n) is 18.6. The number of hydrogen-bond acceptors (Lipinski definition) is 5. The van der Waals surface area contributed by atoms with Crippen molar-refractivity contribution >= 4 is 16.1 Å². The number of aryl methyl sites for hydroxylation is 2. The van der Waals surface area contributed by atoms with Crippen LogP contribution in [0.5, 0.6) is 11.5 Å². The lowest BCUT2D eigenvalue weighted by molar-refractivity contribution is 0.168. The molecule has 0 saturated carbocycles. The monoisotopic (exact) mass is 459 g/mol. The van der Waals surface area contributed by atoms with Crippen LogP contribution in [0, 0.1) is 13.8 Å². The van der Waals surface area contributed by atoms with Gasteiger partial charge in [-0.05, 0) is 50.1 Å². The van der Waals surface area contributed by atoms with Gasteiger partial charge in [0.2, 0.25) is 10.0 Å². The first-order valence-electron chi connectivity index (χ1n) is 10.8. The lowest BCUT2D eigenvalue weighted by Crippen LogP contribution is -2.53. The van der Waals surface area contributed by atoms with Crippen molar-refractivity contribution in [1.29, 1.82) is 0 Å². The number of sulfonamides is 1. The van der Waals surface area contributed by atoms with E-state index in [9.17, 15) is 13.2 Å². The minimum atomic E-state index is -3.58. The second-order valence-electron chi connectivity index (χ2n) is 8.23. The van der Waals surface area contributed by atoms with Gasteiger partial charge >= 0.3 is 6.03 Å². The van der Waals surface area contributed by atoms with E-state index in [4.69, 9.17) is 9.47 Å². The Hall–Kier alpha value is -2.78. The fourth-order valence-electron chi connectivity index (χ4n) is 4.05. The number of carbonyl (C=O) groups is 1. The molecule has 1 N–H and O–H groups in total. The Labute approximate surface area is 189 Å². The molecule has 2 aliphatic rings. The van der Waals surface area contributed by atoms with E-state index in [0.717, 1.165) is 16.7 Å². The van der Waals surface area contributed by atoms with E-state index in [0.29, 0.717) is 42.7 Å². The van der Waals surface area contributed by atoms with Crippen molar-refractivity contribution in [3.63, 3.8) is 0 Å². The highest BCUT2D eigenvalue weighted by molar-refractivity contribution is 7.89. The second kappa shape index (κ2) is 8.99. The summed E-state index contributed by atoms with van der Waals surface area (Å²) in [4.78, 5) is 14.8. The Morgan fingerprint density at radius 1 is 0.969 bits per heavy atom. The van der Waals surface area contributed by atoms with Crippen LogP contribution in [0.3, 0.4) is 0 Å². The number of ether oxygens (including phenoxy) is 2. The molecule has 1 atom stereocenters. The second-order valence-corrected chi connectivity index (χ2v) is 10.1. The first kappa shape index (κ1) is 22.4. The summed E-state index contributed by atoms with van der Waals surface area (Å²) < 4.78 is 38.7. The van der Waals surface area contributed by atoms with Crippen LogP contribution < -0.4 is 14.8 Å². The van der Waals surface area contributed by atoms with Crippen LogP contribution in [0.25, 0.3) is 0 Å². The molecule has 0 aromatic heterocycles.